The van der Waals surface area contributed by atoms with Crippen LogP contribution >= 0.6 is 12.4 Å². The van der Waals surface area contributed by atoms with Crippen LogP contribution in [-0.4, -0.2) is 53.8 Å². The SMILES string of the molecule is CCn1ccnc1CN(CCOC)C1CC12CCNCC2.Cl. The Morgan fingerprint density at radius 2 is 2.23 bits per heavy atom. The van der Waals surface area contributed by atoms with Gasteiger partial charge in [-0.2, -0.15) is 0 Å². The van der Waals surface area contributed by atoms with Gasteiger partial charge in [0.15, 0.2) is 0 Å². The second kappa shape index (κ2) is 7.77. The number of ether oxygens (including phenoxy) is 1. The highest BCUT2D eigenvalue weighted by Crippen LogP contribution is 2.55. The van der Waals surface area contributed by atoms with Crippen LogP contribution < -0.4 is 5.32 Å². The largest absolute Gasteiger partial charge is 0.383 e. The Kier molecular flexibility index (Phi) is 6.26. The van der Waals surface area contributed by atoms with Gasteiger partial charge in [-0.1, -0.05) is 0 Å². The van der Waals surface area contributed by atoms with E-state index in [4.69, 9.17) is 4.74 Å². The zero-order valence-electron chi connectivity index (χ0n) is 13.8. The highest BCUT2D eigenvalue weighted by atomic mass is 35.5. The van der Waals surface area contributed by atoms with E-state index in [-0.39, 0.29) is 12.4 Å². The van der Waals surface area contributed by atoms with E-state index in [1.54, 1.807) is 7.11 Å². The number of aryl methyl sites for hydroxylation is 1. The summed E-state index contributed by atoms with van der Waals surface area (Å²) >= 11 is 0. The highest BCUT2D eigenvalue weighted by molar-refractivity contribution is 5.85. The molecule has 3 rings (SSSR count). The van der Waals surface area contributed by atoms with Crippen molar-refractivity contribution in [2.75, 3.05) is 33.4 Å². The molecule has 6 heteroatoms. The number of rotatable bonds is 7. The van der Waals surface area contributed by atoms with Gasteiger partial charge in [0.2, 0.25) is 0 Å². The molecule has 22 heavy (non-hydrogen) atoms. The minimum Gasteiger partial charge on any atom is -0.383 e. The Morgan fingerprint density at radius 3 is 2.91 bits per heavy atom. The molecule has 1 aliphatic carbocycles. The summed E-state index contributed by atoms with van der Waals surface area (Å²) in [5.74, 6) is 1.18. The smallest absolute Gasteiger partial charge is 0.122 e. The van der Waals surface area contributed by atoms with Crippen molar-refractivity contribution in [3.8, 4) is 0 Å². The van der Waals surface area contributed by atoms with E-state index in [9.17, 15) is 0 Å². The first-order valence-electron chi connectivity index (χ1n) is 8.23. The van der Waals surface area contributed by atoms with Crippen molar-refractivity contribution in [3.63, 3.8) is 0 Å². The van der Waals surface area contributed by atoms with Crippen LogP contribution in [0.3, 0.4) is 0 Å². The average Bonchev–Trinajstić information content (AvgIpc) is 3.00. The normalized spacial score (nSPS) is 22.8. The molecule has 1 spiro atoms. The molecule has 1 saturated carbocycles. The average molecular weight is 329 g/mol. The van der Waals surface area contributed by atoms with Gasteiger partial charge in [0, 0.05) is 38.6 Å². The molecular formula is C16H29ClN4O. The number of imidazole rings is 1. The number of nitrogens with one attached hydrogen (secondary N) is 1. The third kappa shape index (κ3) is 3.65. The molecule has 2 fully saturated rings. The van der Waals surface area contributed by atoms with Gasteiger partial charge in [-0.15, -0.1) is 12.4 Å². The number of halogens is 1. The lowest BCUT2D eigenvalue weighted by Crippen LogP contribution is -2.37. The van der Waals surface area contributed by atoms with Gasteiger partial charge in [-0.3, -0.25) is 4.90 Å². The number of nitrogens with zero attached hydrogens (tertiary/aromatic N) is 3. The summed E-state index contributed by atoms with van der Waals surface area (Å²) in [4.78, 5) is 7.15. The summed E-state index contributed by atoms with van der Waals surface area (Å²) in [6, 6.07) is 0.719. The minimum absolute atomic E-state index is 0. The first-order chi connectivity index (χ1) is 10.3. The lowest BCUT2D eigenvalue weighted by Gasteiger charge is -2.29. The Bertz CT molecular complexity index is 459. The van der Waals surface area contributed by atoms with Crippen molar-refractivity contribution in [3.05, 3.63) is 18.2 Å². The molecule has 2 aliphatic rings. The second-order valence-corrected chi connectivity index (χ2v) is 6.43. The van der Waals surface area contributed by atoms with Crippen LogP contribution in [0.5, 0.6) is 0 Å². The van der Waals surface area contributed by atoms with Gasteiger partial charge in [0.1, 0.15) is 5.82 Å². The Hall–Kier alpha value is -0.620. The van der Waals surface area contributed by atoms with Gasteiger partial charge >= 0.3 is 0 Å². The Labute approximate surface area is 139 Å². The predicted molar refractivity (Wildman–Crippen MR) is 90.4 cm³/mol. The molecule has 1 aliphatic heterocycles. The monoisotopic (exact) mass is 328 g/mol. The fourth-order valence-electron chi connectivity index (χ4n) is 3.82. The summed E-state index contributed by atoms with van der Waals surface area (Å²) in [6.45, 7) is 8.29. The quantitative estimate of drug-likeness (QED) is 0.830. The molecule has 0 amide bonds. The fourth-order valence-corrected chi connectivity index (χ4v) is 3.82. The van der Waals surface area contributed by atoms with Gasteiger partial charge in [-0.25, -0.2) is 4.98 Å². The summed E-state index contributed by atoms with van der Waals surface area (Å²) in [6.07, 6.45) is 8.00. The van der Waals surface area contributed by atoms with Crippen molar-refractivity contribution in [1.82, 2.24) is 19.8 Å². The zero-order chi connectivity index (χ0) is 14.7. The number of methoxy groups -OCH3 is 1. The molecule has 0 bridgehead atoms. The van der Waals surface area contributed by atoms with Gasteiger partial charge in [0.05, 0.1) is 13.2 Å². The highest BCUT2D eigenvalue weighted by Gasteiger charge is 2.56. The summed E-state index contributed by atoms with van der Waals surface area (Å²) in [5.41, 5.74) is 0.572. The Morgan fingerprint density at radius 1 is 1.45 bits per heavy atom. The Balaban J connectivity index is 0.00000176. The van der Waals surface area contributed by atoms with E-state index in [0.29, 0.717) is 5.41 Å². The maximum atomic E-state index is 5.32. The molecule has 126 valence electrons. The number of hydrogen-bond acceptors (Lipinski definition) is 4. The lowest BCUT2D eigenvalue weighted by molar-refractivity contribution is 0.121. The molecule has 1 N–H and O–H groups in total. The first kappa shape index (κ1) is 17.7. The molecule has 0 radical (unpaired) electrons. The summed E-state index contributed by atoms with van der Waals surface area (Å²) < 4.78 is 7.57. The molecule has 0 aromatic carbocycles. The van der Waals surface area contributed by atoms with Gasteiger partial charge < -0.3 is 14.6 Å². The predicted octanol–water partition coefficient (Wildman–Crippen LogP) is 1.92. The summed E-state index contributed by atoms with van der Waals surface area (Å²) in [5, 5.41) is 3.49. The first-order valence-corrected chi connectivity index (χ1v) is 8.23. The van der Waals surface area contributed by atoms with E-state index in [1.807, 2.05) is 6.20 Å². The van der Waals surface area contributed by atoms with Gasteiger partial charge in [0.25, 0.3) is 0 Å². The van der Waals surface area contributed by atoms with Crippen LogP contribution in [-0.2, 0) is 17.8 Å². The summed E-state index contributed by atoms with van der Waals surface area (Å²) in [7, 11) is 1.79. The zero-order valence-corrected chi connectivity index (χ0v) is 14.6. The van der Waals surface area contributed by atoms with Crippen LogP contribution in [0.1, 0.15) is 32.0 Å². The van der Waals surface area contributed by atoms with Crippen LogP contribution in [0.15, 0.2) is 12.4 Å². The fraction of sp³-hybridized carbons (Fsp3) is 0.812. The molecule has 1 saturated heterocycles. The third-order valence-corrected chi connectivity index (χ3v) is 5.26. The maximum absolute atomic E-state index is 5.32. The van der Waals surface area contributed by atoms with Crippen molar-refractivity contribution in [1.29, 1.82) is 0 Å². The van der Waals surface area contributed by atoms with Crippen LogP contribution in [0.25, 0.3) is 0 Å². The van der Waals surface area contributed by atoms with E-state index < -0.39 is 0 Å². The van der Waals surface area contributed by atoms with E-state index in [1.165, 1.54) is 38.2 Å². The molecular weight excluding hydrogens is 300 g/mol. The van der Waals surface area contributed by atoms with Crippen LogP contribution in [0.2, 0.25) is 0 Å². The molecule has 5 nitrogen and oxygen atoms in total. The molecule has 1 aromatic rings. The van der Waals surface area contributed by atoms with Gasteiger partial charge in [-0.05, 0) is 44.7 Å². The standard InChI is InChI=1S/C16H28N4O.ClH/c1-3-19-9-8-18-15(19)13-20(10-11-21-2)14-12-16(14)4-6-17-7-5-16;/h8-9,14,17H,3-7,10-13H2,1-2H3;1H. The van der Waals surface area contributed by atoms with Crippen molar-refractivity contribution in [2.24, 2.45) is 5.41 Å². The molecule has 1 atom stereocenters. The van der Waals surface area contributed by atoms with Crippen LogP contribution in [0, 0.1) is 5.41 Å². The molecule has 1 unspecified atom stereocenters. The van der Waals surface area contributed by atoms with E-state index in [0.717, 1.165) is 32.3 Å². The number of aromatic nitrogens is 2. The number of piperidine rings is 1. The topological polar surface area (TPSA) is 42.3 Å². The second-order valence-electron chi connectivity index (χ2n) is 6.43. The van der Waals surface area contributed by atoms with Crippen LogP contribution in [0.4, 0.5) is 0 Å². The van der Waals surface area contributed by atoms with Crippen molar-refractivity contribution >= 4 is 12.4 Å². The van der Waals surface area contributed by atoms with E-state index >= 15 is 0 Å². The number of hydrogen-bond donors (Lipinski definition) is 1. The molecule has 2 heterocycles. The third-order valence-electron chi connectivity index (χ3n) is 5.26. The lowest BCUT2D eigenvalue weighted by atomic mass is 9.93. The molecule has 1 aromatic heterocycles. The van der Waals surface area contributed by atoms with Crippen molar-refractivity contribution < 1.29 is 4.74 Å². The minimum atomic E-state index is 0. The maximum Gasteiger partial charge on any atom is 0.122 e. The van der Waals surface area contributed by atoms with Crippen molar-refractivity contribution in [2.45, 2.75) is 45.3 Å². The van der Waals surface area contributed by atoms with E-state index in [2.05, 4.69) is 32.9 Å².